The van der Waals surface area contributed by atoms with Gasteiger partial charge in [0.05, 0.1) is 0 Å². The molecule has 114 valence electrons. The average molecular weight is 417 g/mol. The zero-order chi connectivity index (χ0) is 16.0. The summed E-state index contributed by atoms with van der Waals surface area (Å²) in [6.45, 7) is 1.34. The summed E-state index contributed by atoms with van der Waals surface area (Å²) in [6, 6.07) is 2.17. The Kier molecular flexibility index (Phi) is 4.35. The monoisotopic (exact) mass is 418 g/mol. The molecule has 0 aliphatic heterocycles. The second-order valence-electron chi connectivity index (χ2n) is 4.11. The van der Waals surface area contributed by atoms with E-state index in [0.29, 0.717) is 0 Å². The van der Waals surface area contributed by atoms with Crippen LogP contribution < -0.4 is 3.58 Å². The van der Waals surface area contributed by atoms with Crippen LogP contribution in [0.2, 0.25) is 0 Å². The third kappa shape index (κ3) is 2.60. The van der Waals surface area contributed by atoms with Gasteiger partial charge >= 0.3 is 111 Å². The van der Waals surface area contributed by atoms with E-state index in [9.17, 15) is 39.5 Å². The quantitative estimate of drug-likeness (QED) is 0.480. The summed E-state index contributed by atoms with van der Waals surface area (Å²) >= 11 is -8.77. The average Bonchev–Trinajstić information content (AvgIpc) is 2.14. The Balaban J connectivity index is 3.77. The van der Waals surface area contributed by atoms with Gasteiger partial charge in [-0.15, -0.1) is 0 Å². The summed E-state index contributed by atoms with van der Waals surface area (Å²) < 4.78 is 94.5. The number of halogens is 9. The van der Waals surface area contributed by atoms with Crippen molar-refractivity contribution in [3.05, 3.63) is 29.8 Å². The van der Waals surface area contributed by atoms with Gasteiger partial charge in [0.15, 0.2) is 0 Å². The van der Waals surface area contributed by atoms with Crippen molar-refractivity contribution in [1.82, 2.24) is 0 Å². The Bertz CT molecular complexity index is 429. The first-order valence-corrected chi connectivity index (χ1v) is 10.7. The maximum absolute atomic E-state index is 12.8. The fourth-order valence-corrected chi connectivity index (χ4v) is 9.23. The summed E-state index contributed by atoms with van der Waals surface area (Å²) in [5.41, 5.74) is 0.264. The van der Waals surface area contributed by atoms with Gasteiger partial charge < -0.3 is 0 Å². The van der Waals surface area contributed by atoms with Crippen LogP contribution >= 0.6 is 0 Å². The molecule has 0 radical (unpaired) electrons. The Morgan fingerprint density at radius 1 is 0.650 bits per heavy atom. The second kappa shape index (κ2) is 4.99. The normalized spacial score (nSPS) is 14.5. The summed E-state index contributed by atoms with van der Waals surface area (Å²) in [6.07, 6.45) is 0. The van der Waals surface area contributed by atoms with E-state index in [1.54, 1.807) is 0 Å². The fraction of sp³-hybridized carbons (Fsp3) is 0.400. The van der Waals surface area contributed by atoms with Crippen molar-refractivity contribution >= 4 is 22.0 Å². The molecule has 0 atom stereocenters. The van der Waals surface area contributed by atoms with E-state index in [1.807, 2.05) is 0 Å². The summed E-state index contributed by atoms with van der Waals surface area (Å²) in [4.78, 5) is 0. The zero-order valence-corrected chi connectivity index (χ0v) is 12.6. The molecule has 0 bridgehead atoms. The van der Waals surface area contributed by atoms with Crippen molar-refractivity contribution < 1.29 is 39.5 Å². The van der Waals surface area contributed by atoms with Crippen LogP contribution in [0.15, 0.2) is 24.3 Å². The number of aryl methyl sites for hydroxylation is 1. The van der Waals surface area contributed by atoms with E-state index in [4.69, 9.17) is 0 Å². The fourth-order valence-electron chi connectivity index (χ4n) is 1.78. The molecule has 10 heteroatoms. The first-order valence-electron chi connectivity index (χ1n) is 5.02. The van der Waals surface area contributed by atoms with E-state index < -0.39 is 34.5 Å². The molecule has 20 heavy (non-hydrogen) atoms. The molecular formula is C10H7F9Sn. The Morgan fingerprint density at radius 3 is 1.20 bits per heavy atom. The van der Waals surface area contributed by atoms with Crippen LogP contribution in [0.4, 0.5) is 39.5 Å². The predicted octanol–water partition coefficient (Wildman–Crippen LogP) is 3.96. The number of hydrogen-bond acceptors (Lipinski definition) is 0. The third-order valence-electron chi connectivity index (χ3n) is 2.76. The molecule has 0 saturated carbocycles. The van der Waals surface area contributed by atoms with Crippen molar-refractivity contribution in [1.29, 1.82) is 0 Å². The van der Waals surface area contributed by atoms with Crippen LogP contribution in [0, 0.1) is 6.92 Å². The third-order valence-corrected chi connectivity index (χ3v) is 13.5. The van der Waals surface area contributed by atoms with Crippen molar-refractivity contribution in [2.24, 2.45) is 0 Å². The molecular weight excluding hydrogens is 410 g/mol. The molecule has 1 rings (SSSR count). The van der Waals surface area contributed by atoms with E-state index in [2.05, 4.69) is 0 Å². The molecule has 1 aromatic rings. The zero-order valence-electron chi connectivity index (χ0n) is 9.71. The molecule has 0 amide bonds. The number of alkyl halides is 9. The molecule has 0 spiro atoms. The van der Waals surface area contributed by atoms with E-state index >= 15 is 0 Å². The maximum atomic E-state index is 12.8. The molecule has 1 aromatic carbocycles. The van der Waals surface area contributed by atoms with Gasteiger partial charge in [-0.25, -0.2) is 0 Å². The molecule has 0 heterocycles. The van der Waals surface area contributed by atoms with Crippen LogP contribution in [0.5, 0.6) is 0 Å². The molecule has 0 nitrogen and oxygen atoms in total. The van der Waals surface area contributed by atoms with Crippen LogP contribution in [0.1, 0.15) is 5.56 Å². The molecule has 0 aliphatic carbocycles. The SMILES string of the molecule is Cc1cc[c]([Sn]([C](F)(F)F)([C](F)(F)F)[C](F)(F)F)cc1. The van der Waals surface area contributed by atoms with Gasteiger partial charge in [0.25, 0.3) is 0 Å². The molecule has 0 aromatic heterocycles. The van der Waals surface area contributed by atoms with Crippen molar-refractivity contribution in [2.45, 2.75) is 19.5 Å². The van der Waals surface area contributed by atoms with Gasteiger partial charge in [-0.05, 0) is 0 Å². The van der Waals surface area contributed by atoms with Crippen molar-refractivity contribution in [3.63, 3.8) is 0 Å². The van der Waals surface area contributed by atoms with E-state index in [1.165, 1.54) is 6.92 Å². The van der Waals surface area contributed by atoms with Crippen LogP contribution in [0.25, 0.3) is 0 Å². The minimum atomic E-state index is -8.77. The van der Waals surface area contributed by atoms with Crippen molar-refractivity contribution in [3.8, 4) is 0 Å². The summed E-state index contributed by atoms with van der Waals surface area (Å²) in [7, 11) is 0. The molecule has 0 aliphatic rings. The second-order valence-corrected chi connectivity index (χ2v) is 14.9. The van der Waals surface area contributed by atoms with E-state index in [-0.39, 0.29) is 17.7 Å². The molecule has 0 fully saturated rings. The van der Waals surface area contributed by atoms with Crippen molar-refractivity contribution in [2.75, 3.05) is 0 Å². The van der Waals surface area contributed by atoms with Crippen LogP contribution in [-0.2, 0) is 0 Å². The number of hydrogen-bond donors (Lipinski definition) is 0. The first kappa shape index (κ1) is 17.4. The van der Waals surface area contributed by atoms with Gasteiger partial charge in [-0.1, -0.05) is 0 Å². The number of benzene rings is 1. The Labute approximate surface area is 111 Å². The topological polar surface area (TPSA) is 0 Å². The summed E-state index contributed by atoms with van der Waals surface area (Å²) in [5.74, 6) is 0. The minimum absolute atomic E-state index is 0.264. The first-order chi connectivity index (χ1) is 8.75. The molecule has 0 N–H and O–H groups in total. The predicted molar refractivity (Wildman–Crippen MR) is 54.7 cm³/mol. The van der Waals surface area contributed by atoms with Gasteiger partial charge in [0.1, 0.15) is 0 Å². The van der Waals surface area contributed by atoms with Crippen LogP contribution in [-0.4, -0.2) is 31.0 Å². The molecule has 0 unspecified atom stereocenters. The van der Waals surface area contributed by atoms with Gasteiger partial charge in [-0.3, -0.25) is 0 Å². The van der Waals surface area contributed by atoms with E-state index in [0.717, 1.165) is 12.1 Å². The Hall–Kier alpha value is -0.611. The van der Waals surface area contributed by atoms with Crippen LogP contribution in [0.3, 0.4) is 0 Å². The standard InChI is InChI=1S/C7H7.3CF3.Sn/c1-7-5-3-2-4-6-7;3*2-1(3)4;/h3-6H,1H3;;;;. The Morgan fingerprint density at radius 2 is 0.950 bits per heavy atom. The molecule has 0 saturated heterocycles. The summed E-state index contributed by atoms with van der Waals surface area (Å²) in [5, 5.41) is 0. The van der Waals surface area contributed by atoms with Gasteiger partial charge in [0.2, 0.25) is 0 Å². The number of rotatable bonds is 1. The van der Waals surface area contributed by atoms with Gasteiger partial charge in [0, 0.05) is 0 Å². The van der Waals surface area contributed by atoms with Gasteiger partial charge in [-0.2, -0.15) is 0 Å².